The second-order valence-corrected chi connectivity index (χ2v) is 6.24. The Balaban J connectivity index is 2.61. The Labute approximate surface area is 121 Å². The van der Waals surface area contributed by atoms with Crippen LogP contribution in [0, 0.1) is 5.92 Å². The summed E-state index contributed by atoms with van der Waals surface area (Å²) in [5, 5.41) is 8.79. The van der Waals surface area contributed by atoms with Gasteiger partial charge in [-0.15, -0.1) is 0 Å². The van der Waals surface area contributed by atoms with Gasteiger partial charge in [0, 0.05) is 25.7 Å². The van der Waals surface area contributed by atoms with Gasteiger partial charge in [0.2, 0.25) is 0 Å². The van der Waals surface area contributed by atoms with Gasteiger partial charge in [0.15, 0.2) is 0 Å². The third-order valence-corrected chi connectivity index (χ3v) is 4.27. The lowest BCUT2D eigenvalue weighted by Crippen LogP contribution is -2.50. The van der Waals surface area contributed by atoms with Crippen molar-refractivity contribution in [1.82, 2.24) is 9.80 Å². The van der Waals surface area contributed by atoms with Crippen LogP contribution in [0.5, 0.6) is 0 Å². The molecule has 1 aliphatic carbocycles. The number of rotatable bonds is 5. The molecule has 0 spiro atoms. The first-order chi connectivity index (χ1) is 9.32. The van der Waals surface area contributed by atoms with Gasteiger partial charge in [0.1, 0.15) is 0 Å². The molecule has 2 amide bonds. The summed E-state index contributed by atoms with van der Waals surface area (Å²) in [6.45, 7) is 6.39. The molecule has 0 aromatic rings. The quantitative estimate of drug-likeness (QED) is 0.844. The highest BCUT2D eigenvalue weighted by molar-refractivity contribution is 5.76. The minimum Gasteiger partial charge on any atom is -0.481 e. The van der Waals surface area contributed by atoms with E-state index in [1.54, 1.807) is 4.90 Å². The number of nitrogens with zero attached hydrogens (tertiary/aromatic N) is 2. The molecule has 0 aliphatic heterocycles. The molecule has 5 nitrogen and oxygen atoms in total. The first-order valence-corrected chi connectivity index (χ1v) is 7.58. The molecule has 116 valence electrons. The molecule has 1 saturated carbocycles. The van der Waals surface area contributed by atoms with Crippen molar-refractivity contribution in [1.29, 1.82) is 0 Å². The monoisotopic (exact) mass is 284 g/mol. The zero-order valence-corrected chi connectivity index (χ0v) is 13.1. The molecular formula is C15H28N2O3. The van der Waals surface area contributed by atoms with Gasteiger partial charge in [-0.1, -0.05) is 6.92 Å². The Morgan fingerprint density at radius 2 is 1.75 bits per heavy atom. The van der Waals surface area contributed by atoms with Gasteiger partial charge < -0.3 is 14.9 Å². The van der Waals surface area contributed by atoms with E-state index in [2.05, 4.69) is 6.92 Å². The highest BCUT2D eigenvalue weighted by Crippen LogP contribution is 2.27. The molecule has 0 heterocycles. The predicted molar refractivity (Wildman–Crippen MR) is 78.7 cm³/mol. The Morgan fingerprint density at radius 1 is 1.20 bits per heavy atom. The second kappa shape index (κ2) is 7.50. The summed E-state index contributed by atoms with van der Waals surface area (Å²) < 4.78 is 0. The first kappa shape index (κ1) is 16.8. The van der Waals surface area contributed by atoms with Crippen molar-refractivity contribution in [2.75, 3.05) is 13.6 Å². The third kappa shape index (κ3) is 4.69. The van der Waals surface area contributed by atoms with Crippen molar-refractivity contribution in [3.05, 3.63) is 0 Å². The molecule has 0 radical (unpaired) electrons. The highest BCUT2D eigenvalue weighted by atomic mass is 16.4. The summed E-state index contributed by atoms with van der Waals surface area (Å²) in [5.41, 5.74) is 0. The number of amides is 2. The summed E-state index contributed by atoms with van der Waals surface area (Å²) >= 11 is 0. The van der Waals surface area contributed by atoms with E-state index in [1.165, 1.54) is 12.8 Å². The lowest BCUT2D eigenvalue weighted by Gasteiger charge is -2.38. The third-order valence-electron chi connectivity index (χ3n) is 4.27. The van der Waals surface area contributed by atoms with E-state index in [1.807, 2.05) is 25.8 Å². The van der Waals surface area contributed by atoms with Crippen LogP contribution in [0.3, 0.4) is 0 Å². The standard InChI is InChI=1S/C15H28N2O3/c1-11(2)17(10-9-14(18)19)15(20)16(4)13-7-5-12(3)6-8-13/h11-13H,5-10H2,1-4H3,(H,18,19). The SMILES string of the molecule is CC1CCC(N(C)C(=O)N(CCC(=O)O)C(C)C)CC1. The topological polar surface area (TPSA) is 60.9 Å². The van der Waals surface area contributed by atoms with E-state index >= 15 is 0 Å². The Bertz CT molecular complexity index is 336. The second-order valence-electron chi connectivity index (χ2n) is 6.24. The van der Waals surface area contributed by atoms with E-state index in [9.17, 15) is 9.59 Å². The number of carboxylic acid groups (broad SMARTS) is 1. The van der Waals surface area contributed by atoms with E-state index in [-0.39, 0.29) is 25.0 Å². The molecule has 5 heteroatoms. The van der Waals surface area contributed by atoms with Gasteiger partial charge in [-0.25, -0.2) is 4.79 Å². The maximum Gasteiger partial charge on any atom is 0.320 e. The molecule has 1 aliphatic rings. The summed E-state index contributed by atoms with van der Waals surface area (Å²) in [5.74, 6) is -0.111. The lowest BCUT2D eigenvalue weighted by atomic mass is 9.87. The average Bonchev–Trinajstić information content (AvgIpc) is 2.38. The highest BCUT2D eigenvalue weighted by Gasteiger charge is 2.28. The van der Waals surface area contributed by atoms with Gasteiger partial charge in [0.05, 0.1) is 6.42 Å². The largest absolute Gasteiger partial charge is 0.481 e. The molecule has 0 atom stereocenters. The number of carbonyl (C=O) groups excluding carboxylic acids is 1. The number of hydrogen-bond donors (Lipinski definition) is 1. The smallest absolute Gasteiger partial charge is 0.320 e. The van der Waals surface area contributed by atoms with Crippen LogP contribution in [0.15, 0.2) is 0 Å². The minimum atomic E-state index is -0.863. The molecule has 0 bridgehead atoms. The van der Waals surface area contributed by atoms with Crippen LogP contribution >= 0.6 is 0 Å². The van der Waals surface area contributed by atoms with Crippen LogP contribution in [0.4, 0.5) is 4.79 Å². The first-order valence-electron chi connectivity index (χ1n) is 7.58. The number of aliphatic carboxylic acids is 1. The van der Waals surface area contributed by atoms with E-state index in [4.69, 9.17) is 5.11 Å². The van der Waals surface area contributed by atoms with Gasteiger partial charge in [-0.3, -0.25) is 4.79 Å². The lowest BCUT2D eigenvalue weighted by molar-refractivity contribution is -0.137. The van der Waals surface area contributed by atoms with Gasteiger partial charge >= 0.3 is 12.0 Å². The summed E-state index contributed by atoms with van der Waals surface area (Å²) in [4.78, 5) is 26.7. The minimum absolute atomic E-state index is 0.000535. The summed E-state index contributed by atoms with van der Waals surface area (Å²) in [7, 11) is 1.85. The van der Waals surface area contributed by atoms with Crippen molar-refractivity contribution in [2.45, 2.75) is 65.0 Å². The maximum atomic E-state index is 12.5. The molecular weight excluding hydrogens is 256 g/mol. The van der Waals surface area contributed by atoms with Gasteiger partial charge in [-0.05, 0) is 45.4 Å². The normalized spacial score (nSPS) is 22.6. The van der Waals surface area contributed by atoms with Crippen molar-refractivity contribution >= 4 is 12.0 Å². The average molecular weight is 284 g/mol. The van der Waals surface area contributed by atoms with E-state index in [0.29, 0.717) is 6.04 Å². The Morgan fingerprint density at radius 3 is 2.20 bits per heavy atom. The Hall–Kier alpha value is -1.26. The summed E-state index contributed by atoms with van der Waals surface area (Å²) in [6, 6.07) is 0.275. The molecule has 0 aromatic carbocycles. The van der Waals surface area contributed by atoms with Crippen LogP contribution in [0.2, 0.25) is 0 Å². The van der Waals surface area contributed by atoms with Crippen molar-refractivity contribution in [2.24, 2.45) is 5.92 Å². The van der Waals surface area contributed by atoms with E-state index < -0.39 is 5.97 Å². The summed E-state index contributed by atoms with van der Waals surface area (Å²) in [6.07, 6.45) is 4.43. The van der Waals surface area contributed by atoms with Gasteiger partial charge in [-0.2, -0.15) is 0 Å². The fourth-order valence-corrected chi connectivity index (χ4v) is 2.78. The van der Waals surface area contributed by atoms with Crippen LogP contribution in [0.25, 0.3) is 0 Å². The number of hydrogen-bond acceptors (Lipinski definition) is 2. The fourth-order valence-electron chi connectivity index (χ4n) is 2.78. The van der Waals surface area contributed by atoms with Crippen LogP contribution in [-0.2, 0) is 4.79 Å². The molecule has 1 N–H and O–H groups in total. The number of carboxylic acids is 1. The van der Waals surface area contributed by atoms with Crippen molar-refractivity contribution < 1.29 is 14.7 Å². The molecule has 1 rings (SSSR count). The molecule has 0 saturated heterocycles. The van der Waals surface area contributed by atoms with Crippen LogP contribution < -0.4 is 0 Å². The predicted octanol–water partition coefficient (Wildman–Crippen LogP) is 2.80. The zero-order valence-electron chi connectivity index (χ0n) is 13.1. The van der Waals surface area contributed by atoms with Gasteiger partial charge in [0.25, 0.3) is 0 Å². The molecule has 1 fully saturated rings. The van der Waals surface area contributed by atoms with Crippen LogP contribution in [-0.4, -0.2) is 52.6 Å². The van der Waals surface area contributed by atoms with Crippen molar-refractivity contribution in [3.63, 3.8) is 0 Å². The van der Waals surface area contributed by atoms with Crippen molar-refractivity contribution in [3.8, 4) is 0 Å². The molecule has 0 unspecified atom stereocenters. The maximum absolute atomic E-state index is 12.5. The molecule has 20 heavy (non-hydrogen) atoms. The Kier molecular flexibility index (Phi) is 6.30. The fraction of sp³-hybridized carbons (Fsp3) is 0.867. The van der Waals surface area contributed by atoms with Crippen LogP contribution in [0.1, 0.15) is 52.9 Å². The number of urea groups is 1. The number of carbonyl (C=O) groups is 2. The van der Waals surface area contributed by atoms with E-state index in [0.717, 1.165) is 18.8 Å². The zero-order chi connectivity index (χ0) is 15.3. The molecule has 0 aromatic heterocycles.